The van der Waals surface area contributed by atoms with E-state index in [1.54, 1.807) is 0 Å². The molecule has 1 aromatic carbocycles. The molecule has 0 aromatic heterocycles. The molecule has 1 aliphatic rings. The highest BCUT2D eigenvalue weighted by Gasteiger charge is 2.39. The van der Waals surface area contributed by atoms with Crippen LogP contribution in [-0.4, -0.2) is 6.04 Å². The van der Waals surface area contributed by atoms with Crippen LogP contribution in [0, 0.1) is 5.41 Å². The van der Waals surface area contributed by atoms with Gasteiger partial charge >= 0.3 is 0 Å². The van der Waals surface area contributed by atoms with E-state index in [1.807, 2.05) is 0 Å². The molecule has 1 fully saturated rings. The van der Waals surface area contributed by atoms with Crippen LogP contribution in [0.3, 0.4) is 0 Å². The number of rotatable bonds is 5. The fourth-order valence-corrected chi connectivity index (χ4v) is 3.81. The van der Waals surface area contributed by atoms with E-state index in [0.717, 1.165) is 6.42 Å². The minimum atomic E-state index is 0.378. The first-order valence-electron chi connectivity index (χ1n) is 6.91. The van der Waals surface area contributed by atoms with E-state index in [-0.39, 0.29) is 0 Å². The second-order valence-electron chi connectivity index (χ2n) is 5.44. The molecule has 3 N–H and O–H groups in total. The smallest absolute Gasteiger partial charge is 0.0307 e. The average molecular weight is 311 g/mol. The minimum absolute atomic E-state index is 0.378. The fraction of sp³-hybridized carbons (Fsp3) is 0.600. The third-order valence-corrected chi connectivity index (χ3v) is 5.40. The lowest BCUT2D eigenvalue weighted by molar-refractivity contribution is 0.185. The highest BCUT2D eigenvalue weighted by Crippen LogP contribution is 2.44. The lowest BCUT2D eigenvalue weighted by atomic mass is 9.74. The standard InChI is InChI=1S/C15H23BrN2/c1-2-15(9-5-6-10-15)14(18-17)11-12-7-3-4-8-13(12)16/h3-4,7-8,14,18H,2,5-6,9-11,17H2,1H3. The summed E-state index contributed by atoms with van der Waals surface area (Å²) in [5.41, 5.74) is 4.83. The number of nitrogens with one attached hydrogen (secondary N) is 1. The SMILES string of the molecule is CCC1(C(Cc2ccccc2Br)NN)CCCC1. The third-order valence-electron chi connectivity index (χ3n) is 4.63. The van der Waals surface area contributed by atoms with Gasteiger partial charge in [0.25, 0.3) is 0 Å². The molecule has 0 spiro atoms. The molecular weight excluding hydrogens is 288 g/mol. The van der Waals surface area contributed by atoms with E-state index in [0.29, 0.717) is 11.5 Å². The van der Waals surface area contributed by atoms with Crippen LogP contribution in [0.5, 0.6) is 0 Å². The number of nitrogens with two attached hydrogens (primary N) is 1. The summed E-state index contributed by atoms with van der Waals surface area (Å²) >= 11 is 3.63. The molecule has 100 valence electrons. The van der Waals surface area contributed by atoms with Gasteiger partial charge in [-0.2, -0.15) is 0 Å². The molecule has 0 saturated heterocycles. The molecule has 1 aliphatic carbocycles. The Morgan fingerprint density at radius 2 is 2.00 bits per heavy atom. The van der Waals surface area contributed by atoms with E-state index in [4.69, 9.17) is 5.84 Å². The molecule has 1 atom stereocenters. The Balaban J connectivity index is 2.16. The van der Waals surface area contributed by atoms with Crippen LogP contribution < -0.4 is 11.3 Å². The number of hydrogen-bond acceptors (Lipinski definition) is 2. The Kier molecular flexibility index (Phi) is 4.82. The highest BCUT2D eigenvalue weighted by atomic mass is 79.9. The summed E-state index contributed by atoms with van der Waals surface area (Å²) in [6.45, 7) is 2.30. The number of hydrogen-bond donors (Lipinski definition) is 2. The lowest BCUT2D eigenvalue weighted by Crippen LogP contribution is -2.48. The first kappa shape index (κ1) is 14.0. The maximum absolute atomic E-state index is 5.85. The maximum atomic E-state index is 5.85. The first-order chi connectivity index (χ1) is 8.72. The molecule has 1 saturated carbocycles. The number of halogens is 1. The van der Waals surface area contributed by atoms with E-state index < -0.39 is 0 Å². The molecule has 0 bridgehead atoms. The van der Waals surface area contributed by atoms with Gasteiger partial charge in [0, 0.05) is 10.5 Å². The second-order valence-corrected chi connectivity index (χ2v) is 6.29. The quantitative estimate of drug-likeness (QED) is 0.641. The van der Waals surface area contributed by atoms with Crippen LogP contribution in [0.2, 0.25) is 0 Å². The van der Waals surface area contributed by atoms with Crippen molar-refractivity contribution in [1.82, 2.24) is 5.43 Å². The van der Waals surface area contributed by atoms with Gasteiger partial charge in [0.15, 0.2) is 0 Å². The van der Waals surface area contributed by atoms with E-state index in [9.17, 15) is 0 Å². The zero-order valence-electron chi connectivity index (χ0n) is 11.1. The van der Waals surface area contributed by atoms with Crippen LogP contribution in [0.1, 0.15) is 44.6 Å². The molecule has 0 amide bonds. The van der Waals surface area contributed by atoms with Crippen LogP contribution in [-0.2, 0) is 6.42 Å². The molecule has 2 nitrogen and oxygen atoms in total. The predicted molar refractivity (Wildman–Crippen MR) is 80.1 cm³/mol. The zero-order valence-corrected chi connectivity index (χ0v) is 12.7. The largest absolute Gasteiger partial charge is 0.271 e. The van der Waals surface area contributed by atoms with Crippen molar-refractivity contribution in [3.05, 3.63) is 34.3 Å². The molecule has 0 aliphatic heterocycles. The van der Waals surface area contributed by atoms with Crippen LogP contribution in [0.25, 0.3) is 0 Å². The third kappa shape index (κ3) is 2.79. The first-order valence-corrected chi connectivity index (χ1v) is 7.70. The number of benzene rings is 1. The summed E-state index contributed by atoms with van der Waals surface area (Å²) in [7, 11) is 0. The van der Waals surface area contributed by atoms with Gasteiger partial charge in [-0.05, 0) is 42.7 Å². The van der Waals surface area contributed by atoms with Gasteiger partial charge in [0.2, 0.25) is 0 Å². The van der Waals surface area contributed by atoms with Gasteiger partial charge in [-0.15, -0.1) is 0 Å². The van der Waals surface area contributed by atoms with E-state index in [1.165, 1.54) is 42.1 Å². The topological polar surface area (TPSA) is 38.0 Å². The highest BCUT2D eigenvalue weighted by molar-refractivity contribution is 9.10. The summed E-state index contributed by atoms with van der Waals surface area (Å²) in [5.74, 6) is 5.85. The van der Waals surface area contributed by atoms with Crippen molar-refractivity contribution in [3.8, 4) is 0 Å². The van der Waals surface area contributed by atoms with Crippen molar-refractivity contribution in [1.29, 1.82) is 0 Å². The Morgan fingerprint density at radius 1 is 1.33 bits per heavy atom. The monoisotopic (exact) mass is 310 g/mol. The van der Waals surface area contributed by atoms with Crippen molar-refractivity contribution in [2.45, 2.75) is 51.5 Å². The minimum Gasteiger partial charge on any atom is -0.271 e. The summed E-state index contributed by atoms with van der Waals surface area (Å²) in [5, 5.41) is 0. The van der Waals surface area contributed by atoms with Gasteiger partial charge in [-0.1, -0.05) is 53.9 Å². The molecule has 2 rings (SSSR count). The molecule has 0 heterocycles. The van der Waals surface area contributed by atoms with Crippen molar-refractivity contribution < 1.29 is 0 Å². The number of hydrazine groups is 1. The zero-order chi connectivity index (χ0) is 13.0. The molecule has 1 unspecified atom stereocenters. The predicted octanol–water partition coefficient (Wildman–Crippen LogP) is 3.79. The summed E-state index contributed by atoms with van der Waals surface area (Å²) in [6.07, 6.45) is 7.54. The lowest BCUT2D eigenvalue weighted by Gasteiger charge is -2.37. The van der Waals surface area contributed by atoms with Gasteiger partial charge in [-0.25, -0.2) is 0 Å². The van der Waals surface area contributed by atoms with Gasteiger partial charge < -0.3 is 0 Å². The van der Waals surface area contributed by atoms with Crippen LogP contribution >= 0.6 is 15.9 Å². The molecule has 1 aromatic rings. The molecular formula is C15H23BrN2. The maximum Gasteiger partial charge on any atom is 0.0307 e. The van der Waals surface area contributed by atoms with Crippen molar-refractivity contribution in [3.63, 3.8) is 0 Å². The van der Waals surface area contributed by atoms with Crippen molar-refractivity contribution >= 4 is 15.9 Å². The summed E-state index contributed by atoms with van der Waals surface area (Å²) in [6, 6.07) is 8.83. The molecule has 18 heavy (non-hydrogen) atoms. The van der Waals surface area contributed by atoms with Gasteiger partial charge in [0.05, 0.1) is 0 Å². The van der Waals surface area contributed by atoms with E-state index in [2.05, 4.69) is 52.5 Å². The molecule has 0 radical (unpaired) electrons. The second kappa shape index (κ2) is 6.18. The Hall–Kier alpha value is -0.380. The normalized spacial score (nSPS) is 19.9. The summed E-state index contributed by atoms with van der Waals surface area (Å²) < 4.78 is 1.19. The Bertz CT molecular complexity index is 386. The van der Waals surface area contributed by atoms with Crippen LogP contribution in [0.15, 0.2) is 28.7 Å². The van der Waals surface area contributed by atoms with Crippen LogP contribution in [0.4, 0.5) is 0 Å². The Morgan fingerprint density at radius 3 is 2.56 bits per heavy atom. The van der Waals surface area contributed by atoms with Gasteiger partial charge in [-0.3, -0.25) is 11.3 Å². The van der Waals surface area contributed by atoms with Crippen molar-refractivity contribution in [2.75, 3.05) is 0 Å². The molecule has 3 heteroatoms. The van der Waals surface area contributed by atoms with Gasteiger partial charge in [0.1, 0.15) is 0 Å². The van der Waals surface area contributed by atoms with E-state index >= 15 is 0 Å². The van der Waals surface area contributed by atoms with Crippen molar-refractivity contribution in [2.24, 2.45) is 11.3 Å². The fourth-order valence-electron chi connectivity index (χ4n) is 3.36. The average Bonchev–Trinajstić information content (AvgIpc) is 2.88. The Labute approximate surface area is 118 Å². The summed E-state index contributed by atoms with van der Waals surface area (Å²) in [4.78, 5) is 0.